The molecule has 3 amide bonds. The fourth-order valence-electron chi connectivity index (χ4n) is 4.90. The zero-order valence-electron chi connectivity index (χ0n) is 17.6. The van der Waals surface area contributed by atoms with Crippen molar-refractivity contribution in [2.45, 2.75) is 63.1 Å². The van der Waals surface area contributed by atoms with Crippen molar-refractivity contribution >= 4 is 17.9 Å². The maximum absolute atomic E-state index is 13.0. The number of carbonyl (C=O) groups is 3. The van der Waals surface area contributed by atoms with Crippen molar-refractivity contribution in [2.24, 2.45) is 11.3 Å². The first kappa shape index (κ1) is 20.9. The second kappa shape index (κ2) is 8.42. The van der Waals surface area contributed by atoms with Gasteiger partial charge in [0, 0.05) is 32.1 Å². The molecule has 0 aromatic rings. The zero-order valence-corrected chi connectivity index (χ0v) is 17.6. The normalized spacial score (nSPS) is 29.3. The van der Waals surface area contributed by atoms with Crippen LogP contribution in [0.15, 0.2) is 0 Å². The van der Waals surface area contributed by atoms with E-state index < -0.39 is 18.2 Å². The van der Waals surface area contributed by atoms with E-state index in [9.17, 15) is 19.6 Å². The van der Waals surface area contributed by atoms with Gasteiger partial charge in [0.25, 0.3) is 0 Å². The number of nitrogens with one attached hydrogen (secondary N) is 2. The molecule has 4 rings (SSSR count). The molecular formula is C21H31N5O4. The molecule has 1 saturated carbocycles. The predicted molar refractivity (Wildman–Crippen MR) is 107 cm³/mol. The highest BCUT2D eigenvalue weighted by Gasteiger charge is 2.56. The van der Waals surface area contributed by atoms with Crippen LogP contribution in [-0.2, 0) is 14.3 Å². The van der Waals surface area contributed by atoms with Gasteiger partial charge < -0.3 is 20.3 Å². The summed E-state index contributed by atoms with van der Waals surface area (Å²) >= 11 is 0. The first-order valence-electron chi connectivity index (χ1n) is 11.0. The summed E-state index contributed by atoms with van der Waals surface area (Å²) in [6.45, 7) is 2.94. The van der Waals surface area contributed by atoms with Gasteiger partial charge in [-0.2, -0.15) is 5.26 Å². The summed E-state index contributed by atoms with van der Waals surface area (Å²) in [5, 5.41) is 15.0. The molecule has 0 aromatic heterocycles. The van der Waals surface area contributed by atoms with Gasteiger partial charge in [0.15, 0.2) is 0 Å². The summed E-state index contributed by atoms with van der Waals surface area (Å²) in [7, 11) is 2.05. The summed E-state index contributed by atoms with van der Waals surface area (Å²) in [6.07, 6.45) is 4.69. The van der Waals surface area contributed by atoms with Crippen LogP contribution in [0.25, 0.3) is 0 Å². The number of carbonyl (C=O) groups excluding carboxylic acids is 3. The Bertz CT molecular complexity index is 738. The van der Waals surface area contributed by atoms with E-state index in [4.69, 9.17) is 4.74 Å². The number of nitriles is 1. The summed E-state index contributed by atoms with van der Waals surface area (Å²) in [6, 6.07) is 0.749. The van der Waals surface area contributed by atoms with Crippen LogP contribution >= 0.6 is 0 Å². The van der Waals surface area contributed by atoms with E-state index >= 15 is 0 Å². The van der Waals surface area contributed by atoms with E-state index in [1.807, 2.05) is 0 Å². The SMILES string of the molecule is CN1CCC(OC(=O)N2CC3(CC3)C[C@H]2C(=O)N[C@H](C#N)C[C@@H]2CCNC2=O)CC1. The second-order valence-corrected chi connectivity index (χ2v) is 9.44. The van der Waals surface area contributed by atoms with E-state index in [1.54, 1.807) is 4.90 Å². The minimum Gasteiger partial charge on any atom is -0.446 e. The van der Waals surface area contributed by atoms with Gasteiger partial charge in [-0.05, 0) is 57.4 Å². The number of likely N-dealkylation sites (tertiary alicyclic amines) is 2. The molecule has 164 valence electrons. The van der Waals surface area contributed by atoms with E-state index in [1.165, 1.54) is 0 Å². The van der Waals surface area contributed by atoms with E-state index in [0.29, 0.717) is 32.4 Å². The molecule has 3 aliphatic heterocycles. The van der Waals surface area contributed by atoms with Crippen molar-refractivity contribution in [2.75, 3.05) is 33.2 Å². The Kier molecular flexibility index (Phi) is 5.87. The number of piperidine rings is 1. The first-order valence-corrected chi connectivity index (χ1v) is 11.0. The monoisotopic (exact) mass is 417 g/mol. The van der Waals surface area contributed by atoms with Crippen LogP contribution in [0.4, 0.5) is 4.79 Å². The second-order valence-electron chi connectivity index (χ2n) is 9.44. The van der Waals surface area contributed by atoms with Gasteiger partial charge in [-0.15, -0.1) is 0 Å². The van der Waals surface area contributed by atoms with Crippen molar-refractivity contribution in [1.29, 1.82) is 5.26 Å². The number of nitrogens with zero attached hydrogens (tertiary/aromatic N) is 3. The fraction of sp³-hybridized carbons (Fsp3) is 0.810. The number of hydrogen-bond donors (Lipinski definition) is 2. The molecule has 3 heterocycles. The first-order chi connectivity index (χ1) is 14.4. The Morgan fingerprint density at radius 3 is 2.67 bits per heavy atom. The van der Waals surface area contributed by atoms with E-state index in [2.05, 4.69) is 28.7 Å². The number of hydrogen-bond acceptors (Lipinski definition) is 6. The average Bonchev–Trinajstić information content (AvgIpc) is 3.18. The lowest BCUT2D eigenvalue weighted by atomic mass is 9.98. The molecule has 0 aromatic carbocycles. The standard InChI is InChI=1S/C21H31N5O4/c1-25-8-3-16(4-9-25)30-20(29)26-13-21(5-6-21)11-17(26)19(28)24-15(12-22)10-14-2-7-23-18(14)27/h14-17H,2-11,13H2,1H3,(H,23,27)(H,24,28)/t14-,15-,17-/m0/s1. The van der Waals surface area contributed by atoms with Gasteiger partial charge in [-0.3, -0.25) is 14.5 Å². The lowest BCUT2D eigenvalue weighted by Crippen LogP contribution is -2.50. The van der Waals surface area contributed by atoms with E-state index in [0.717, 1.165) is 38.8 Å². The van der Waals surface area contributed by atoms with Crippen molar-refractivity contribution in [3.8, 4) is 6.07 Å². The Balaban J connectivity index is 1.36. The maximum Gasteiger partial charge on any atom is 0.410 e. The van der Waals surface area contributed by atoms with Crippen molar-refractivity contribution in [3.63, 3.8) is 0 Å². The van der Waals surface area contributed by atoms with Gasteiger partial charge >= 0.3 is 6.09 Å². The van der Waals surface area contributed by atoms with Gasteiger partial charge in [-0.1, -0.05) is 0 Å². The average molecular weight is 418 g/mol. The Morgan fingerprint density at radius 1 is 1.33 bits per heavy atom. The highest BCUT2D eigenvalue weighted by molar-refractivity contribution is 5.87. The number of rotatable bonds is 5. The van der Waals surface area contributed by atoms with Crippen LogP contribution in [0.5, 0.6) is 0 Å². The van der Waals surface area contributed by atoms with E-state index in [-0.39, 0.29) is 29.3 Å². The summed E-state index contributed by atoms with van der Waals surface area (Å²) in [5.74, 6) is -0.631. The van der Waals surface area contributed by atoms with Crippen molar-refractivity contribution in [1.82, 2.24) is 20.4 Å². The molecule has 0 bridgehead atoms. The largest absolute Gasteiger partial charge is 0.446 e. The lowest BCUT2D eigenvalue weighted by Gasteiger charge is -2.31. The van der Waals surface area contributed by atoms with Crippen LogP contribution in [0.2, 0.25) is 0 Å². The molecular weight excluding hydrogens is 386 g/mol. The molecule has 1 aliphatic carbocycles. The van der Waals surface area contributed by atoms with Gasteiger partial charge in [-0.25, -0.2) is 4.79 Å². The van der Waals surface area contributed by atoms with Gasteiger partial charge in [0.1, 0.15) is 18.2 Å². The predicted octanol–water partition coefficient (Wildman–Crippen LogP) is 0.606. The molecule has 0 radical (unpaired) electrons. The topological polar surface area (TPSA) is 115 Å². The Labute approximate surface area is 177 Å². The molecule has 9 heteroatoms. The van der Waals surface area contributed by atoms with Crippen LogP contribution < -0.4 is 10.6 Å². The van der Waals surface area contributed by atoms with Gasteiger partial charge in [0.2, 0.25) is 11.8 Å². The molecule has 0 unspecified atom stereocenters. The highest BCUT2D eigenvalue weighted by atomic mass is 16.6. The van der Waals surface area contributed by atoms with Crippen LogP contribution in [0.1, 0.15) is 44.9 Å². The molecule has 1 spiro atoms. The Morgan fingerprint density at radius 2 is 2.07 bits per heavy atom. The third-order valence-corrected chi connectivity index (χ3v) is 7.09. The summed E-state index contributed by atoms with van der Waals surface area (Å²) < 4.78 is 5.74. The zero-order chi connectivity index (χ0) is 21.3. The molecule has 4 aliphatic rings. The third kappa shape index (κ3) is 4.53. The van der Waals surface area contributed by atoms with Crippen LogP contribution in [0.3, 0.4) is 0 Å². The van der Waals surface area contributed by atoms with Crippen LogP contribution in [0, 0.1) is 22.7 Å². The molecule has 4 fully saturated rings. The minimum absolute atomic E-state index is 0.0291. The summed E-state index contributed by atoms with van der Waals surface area (Å²) in [5.41, 5.74) is 0.0291. The quantitative estimate of drug-likeness (QED) is 0.677. The minimum atomic E-state index is -0.742. The fourth-order valence-corrected chi connectivity index (χ4v) is 4.90. The molecule has 3 saturated heterocycles. The molecule has 9 nitrogen and oxygen atoms in total. The molecule has 30 heavy (non-hydrogen) atoms. The number of amides is 3. The lowest BCUT2D eigenvalue weighted by molar-refractivity contribution is -0.127. The summed E-state index contributed by atoms with van der Waals surface area (Å²) in [4.78, 5) is 41.5. The highest BCUT2D eigenvalue weighted by Crippen LogP contribution is 2.55. The smallest absolute Gasteiger partial charge is 0.410 e. The molecule has 2 N–H and O–H groups in total. The maximum atomic E-state index is 13.0. The van der Waals surface area contributed by atoms with Crippen LogP contribution in [-0.4, -0.2) is 79.1 Å². The third-order valence-electron chi connectivity index (χ3n) is 7.09. The molecule has 3 atom stereocenters. The number of ether oxygens (including phenoxy) is 1. The van der Waals surface area contributed by atoms with Crippen molar-refractivity contribution < 1.29 is 19.1 Å². The van der Waals surface area contributed by atoms with Gasteiger partial charge in [0.05, 0.1) is 6.07 Å². The van der Waals surface area contributed by atoms with Crippen molar-refractivity contribution in [3.05, 3.63) is 0 Å². The Hall–Kier alpha value is -2.34.